The highest BCUT2D eigenvalue weighted by Gasteiger charge is 2.06. The molecule has 20 heavy (non-hydrogen) atoms. The van der Waals surface area contributed by atoms with Crippen molar-refractivity contribution in [2.75, 3.05) is 18.1 Å². The van der Waals surface area contributed by atoms with E-state index in [-0.39, 0.29) is 0 Å². The average Bonchev–Trinajstić information content (AvgIpc) is 2.39. The Morgan fingerprint density at radius 2 is 1.90 bits per heavy atom. The Bertz CT molecular complexity index is 368. The monoisotopic (exact) mass is 296 g/mol. The molecule has 1 aromatic carbocycles. The SMILES string of the molecule is CCCCCCSCCOCc1c(C)cc(C)cc1O. The highest BCUT2D eigenvalue weighted by atomic mass is 32.2. The van der Waals surface area contributed by atoms with Gasteiger partial charge in [-0.2, -0.15) is 11.8 Å². The van der Waals surface area contributed by atoms with E-state index in [4.69, 9.17) is 4.74 Å². The molecule has 1 aromatic rings. The minimum atomic E-state index is 0.356. The van der Waals surface area contributed by atoms with Gasteiger partial charge in [0.15, 0.2) is 0 Å². The molecular formula is C17H28O2S. The summed E-state index contributed by atoms with van der Waals surface area (Å²) < 4.78 is 5.67. The number of hydrogen-bond donors (Lipinski definition) is 1. The van der Waals surface area contributed by atoms with Gasteiger partial charge in [-0.25, -0.2) is 0 Å². The zero-order valence-corrected chi connectivity index (χ0v) is 13.9. The minimum absolute atomic E-state index is 0.356. The van der Waals surface area contributed by atoms with Crippen LogP contribution >= 0.6 is 11.8 Å². The number of aryl methyl sites for hydroxylation is 2. The first-order valence-electron chi connectivity index (χ1n) is 7.59. The van der Waals surface area contributed by atoms with Crippen LogP contribution in [-0.2, 0) is 11.3 Å². The summed E-state index contributed by atoms with van der Waals surface area (Å²) in [7, 11) is 0. The van der Waals surface area contributed by atoms with Gasteiger partial charge in [0, 0.05) is 11.3 Å². The van der Waals surface area contributed by atoms with Crippen LogP contribution in [0.5, 0.6) is 5.75 Å². The molecule has 0 heterocycles. The van der Waals surface area contributed by atoms with Gasteiger partial charge in [-0.1, -0.05) is 32.3 Å². The number of thioether (sulfide) groups is 1. The lowest BCUT2D eigenvalue weighted by Gasteiger charge is -2.10. The molecule has 0 atom stereocenters. The number of hydrogen-bond acceptors (Lipinski definition) is 3. The molecule has 2 nitrogen and oxygen atoms in total. The molecule has 114 valence electrons. The van der Waals surface area contributed by atoms with E-state index in [0.717, 1.165) is 29.1 Å². The molecule has 1 N–H and O–H groups in total. The lowest BCUT2D eigenvalue weighted by molar-refractivity contribution is 0.134. The summed E-state index contributed by atoms with van der Waals surface area (Å²) in [4.78, 5) is 0. The van der Waals surface area contributed by atoms with Gasteiger partial charge in [-0.15, -0.1) is 0 Å². The number of benzene rings is 1. The number of aromatic hydroxyl groups is 1. The van der Waals surface area contributed by atoms with Gasteiger partial charge >= 0.3 is 0 Å². The lowest BCUT2D eigenvalue weighted by Crippen LogP contribution is -2.01. The normalized spacial score (nSPS) is 10.9. The molecule has 0 saturated heterocycles. The Kier molecular flexibility index (Phi) is 8.79. The van der Waals surface area contributed by atoms with E-state index >= 15 is 0 Å². The zero-order chi connectivity index (χ0) is 14.8. The van der Waals surface area contributed by atoms with Gasteiger partial charge < -0.3 is 9.84 Å². The molecule has 0 spiro atoms. The molecular weight excluding hydrogens is 268 g/mol. The Balaban J connectivity index is 2.13. The maximum Gasteiger partial charge on any atom is 0.121 e. The summed E-state index contributed by atoms with van der Waals surface area (Å²) >= 11 is 1.96. The number of rotatable bonds is 10. The molecule has 0 aromatic heterocycles. The average molecular weight is 296 g/mol. The largest absolute Gasteiger partial charge is 0.508 e. The second-order valence-electron chi connectivity index (χ2n) is 5.31. The number of ether oxygens (including phenoxy) is 1. The molecule has 1 rings (SSSR count). The smallest absolute Gasteiger partial charge is 0.121 e. The number of phenolic OH excluding ortho intramolecular Hbond substituents is 1. The molecule has 3 heteroatoms. The molecule has 0 saturated carbocycles. The molecule has 0 aliphatic rings. The highest BCUT2D eigenvalue weighted by Crippen LogP contribution is 2.23. The third kappa shape index (κ3) is 6.67. The van der Waals surface area contributed by atoms with Gasteiger partial charge in [-0.05, 0) is 43.2 Å². The van der Waals surface area contributed by atoms with E-state index in [2.05, 4.69) is 13.0 Å². The molecule has 0 aliphatic heterocycles. The van der Waals surface area contributed by atoms with Crippen LogP contribution in [0.3, 0.4) is 0 Å². The summed E-state index contributed by atoms with van der Waals surface area (Å²) in [5.74, 6) is 2.63. The van der Waals surface area contributed by atoms with Crippen LogP contribution < -0.4 is 0 Å². The highest BCUT2D eigenvalue weighted by molar-refractivity contribution is 7.99. The fraction of sp³-hybridized carbons (Fsp3) is 0.647. The van der Waals surface area contributed by atoms with Crippen LogP contribution in [-0.4, -0.2) is 23.2 Å². The van der Waals surface area contributed by atoms with Crippen molar-refractivity contribution in [2.24, 2.45) is 0 Å². The summed E-state index contributed by atoms with van der Waals surface area (Å²) in [6.07, 6.45) is 5.31. The van der Waals surface area contributed by atoms with Gasteiger partial charge in [0.1, 0.15) is 5.75 Å². The topological polar surface area (TPSA) is 29.5 Å². The Morgan fingerprint density at radius 1 is 1.10 bits per heavy atom. The van der Waals surface area contributed by atoms with Crippen LogP contribution in [0.2, 0.25) is 0 Å². The standard InChI is InChI=1S/C17H28O2S/c1-4-5-6-7-9-20-10-8-19-13-16-15(3)11-14(2)12-17(16)18/h11-12,18H,4-10,13H2,1-3H3. The Morgan fingerprint density at radius 3 is 2.60 bits per heavy atom. The van der Waals surface area contributed by atoms with Crippen molar-refractivity contribution in [3.63, 3.8) is 0 Å². The van der Waals surface area contributed by atoms with E-state index < -0.39 is 0 Å². The van der Waals surface area contributed by atoms with Crippen LogP contribution in [0.4, 0.5) is 0 Å². The third-order valence-electron chi connectivity index (χ3n) is 3.35. The summed E-state index contributed by atoms with van der Waals surface area (Å²) in [5.41, 5.74) is 3.12. The van der Waals surface area contributed by atoms with Gasteiger partial charge in [0.25, 0.3) is 0 Å². The molecule has 0 bridgehead atoms. The van der Waals surface area contributed by atoms with Crippen molar-refractivity contribution in [1.82, 2.24) is 0 Å². The van der Waals surface area contributed by atoms with E-state index in [9.17, 15) is 5.11 Å². The fourth-order valence-corrected chi connectivity index (χ4v) is 3.04. The van der Waals surface area contributed by atoms with Crippen molar-refractivity contribution >= 4 is 11.8 Å². The summed E-state index contributed by atoms with van der Waals surface area (Å²) in [5, 5.41) is 9.91. The third-order valence-corrected chi connectivity index (χ3v) is 4.39. The van der Waals surface area contributed by atoms with Crippen molar-refractivity contribution in [3.8, 4) is 5.75 Å². The van der Waals surface area contributed by atoms with Crippen LogP contribution in [0, 0.1) is 13.8 Å². The van der Waals surface area contributed by atoms with Crippen LogP contribution in [0.25, 0.3) is 0 Å². The minimum Gasteiger partial charge on any atom is -0.508 e. The number of unbranched alkanes of at least 4 members (excludes halogenated alkanes) is 3. The second kappa shape index (κ2) is 10.1. The Hall–Kier alpha value is -0.670. The first-order chi connectivity index (χ1) is 9.65. The molecule has 0 unspecified atom stereocenters. The molecule has 0 amide bonds. The quantitative estimate of drug-likeness (QED) is 0.626. The predicted molar refractivity (Wildman–Crippen MR) is 88.7 cm³/mol. The van der Waals surface area contributed by atoms with Gasteiger partial charge in [-0.3, -0.25) is 0 Å². The molecule has 0 aliphatic carbocycles. The van der Waals surface area contributed by atoms with Crippen LogP contribution in [0.15, 0.2) is 12.1 Å². The van der Waals surface area contributed by atoms with Gasteiger partial charge in [0.2, 0.25) is 0 Å². The predicted octanol–water partition coefficient (Wildman–Crippen LogP) is 4.84. The second-order valence-corrected chi connectivity index (χ2v) is 6.53. The van der Waals surface area contributed by atoms with Gasteiger partial charge in [0.05, 0.1) is 13.2 Å². The van der Waals surface area contributed by atoms with E-state index in [1.807, 2.05) is 25.6 Å². The maximum atomic E-state index is 9.91. The summed E-state index contributed by atoms with van der Waals surface area (Å²) in [6, 6.07) is 3.88. The van der Waals surface area contributed by atoms with Crippen molar-refractivity contribution in [1.29, 1.82) is 0 Å². The fourth-order valence-electron chi connectivity index (χ4n) is 2.19. The maximum absolute atomic E-state index is 9.91. The Labute approximate surface area is 127 Å². The first-order valence-corrected chi connectivity index (χ1v) is 8.75. The zero-order valence-electron chi connectivity index (χ0n) is 13.1. The van der Waals surface area contributed by atoms with E-state index in [0.29, 0.717) is 12.4 Å². The summed E-state index contributed by atoms with van der Waals surface area (Å²) in [6.45, 7) is 7.52. The lowest BCUT2D eigenvalue weighted by atomic mass is 10.1. The van der Waals surface area contributed by atoms with Crippen molar-refractivity contribution in [3.05, 3.63) is 28.8 Å². The van der Waals surface area contributed by atoms with Crippen molar-refractivity contribution in [2.45, 2.75) is 53.1 Å². The van der Waals surface area contributed by atoms with E-state index in [1.54, 1.807) is 6.07 Å². The van der Waals surface area contributed by atoms with Crippen LogP contribution in [0.1, 0.15) is 49.3 Å². The molecule has 0 fully saturated rings. The number of phenols is 1. The van der Waals surface area contributed by atoms with E-state index in [1.165, 1.54) is 31.4 Å². The first kappa shape index (κ1) is 17.4. The van der Waals surface area contributed by atoms with Crippen molar-refractivity contribution < 1.29 is 9.84 Å². The molecule has 0 radical (unpaired) electrons.